The van der Waals surface area contributed by atoms with Gasteiger partial charge in [-0.05, 0) is 34.4 Å². The highest BCUT2D eigenvalue weighted by Gasteiger charge is 2.34. The maximum absolute atomic E-state index is 7.28. The SMILES string of the molecule is [C-]#Cc1ccc2c(c1)C(C)(C)c1cc(C#C)ccc1-2. The van der Waals surface area contributed by atoms with Gasteiger partial charge in [0.2, 0.25) is 0 Å². The van der Waals surface area contributed by atoms with Crippen LogP contribution in [0.25, 0.3) is 11.1 Å². The van der Waals surface area contributed by atoms with Crippen molar-refractivity contribution in [3.05, 3.63) is 65.1 Å². The maximum atomic E-state index is 7.28. The Labute approximate surface area is 114 Å². The van der Waals surface area contributed by atoms with Gasteiger partial charge >= 0.3 is 0 Å². The first-order valence-electron chi connectivity index (χ1n) is 6.26. The van der Waals surface area contributed by atoms with Gasteiger partial charge in [0.05, 0.1) is 0 Å². The molecule has 0 aliphatic heterocycles. The monoisotopic (exact) mass is 241 g/mol. The van der Waals surface area contributed by atoms with Crippen molar-refractivity contribution in [2.75, 3.05) is 0 Å². The first-order valence-corrected chi connectivity index (χ1v) is 6.26. The molecule has 19 heavy (non-hydrogen) atoms. The summed E-state index contributed by atoms with van der Waals surface area (Å²) in [5.41, 5.74) is 6.65. The van der Waals surface area contributed by atoms with Gasteiger partial charge in [0.15, 0.2) is 0 Å². The molecule has 0 spiro atoms. The van der Waals surface area contributed by atoms with Gasteiger partial charge in [-0.1, -0.05) is 31.9 Å². The Hall–Kier alpha value is -2.44. The molecule has 0 bridgehead atoms. The van der Waals surface area contributed by atoms with Gasteiger partial charge in [0.1, 0.15) is 0 Å². The van der Waals surface area contributed by atoms with Gasteiger partial charge in [-0.15, -0.1) is 24.1 Å². The van der Waals surface area contributed by atoms with Crippen molar-refractivity contribution in [1.82, 2.24) is 0 Å². The lowest BCUT2D eigenvalue weighted by Crippen LogP contribution is -2.15. The summed E-state index contributed by atoms with van der Waals surface area (Å²) >= 11 is 0. The first-order chi connectivity index (χ1) is 9.07. The highest BCUT2D eigenvalue weighted by molar-refractivity contribution is 5.81. The summed E-state index contributed by atoms with van der Waals surface area (Å²) in [6, 6.07) is 12.3. The summed E-state index contributed by atoms with van der Waals surface area (Å²) in [5, 5.41) is 0. The molecule has 0 radical (unpaired) electrons. The predicted molar refractivity (Wildman–Crippen MR) is 78.2 cm³/mol. The van der Waals surface area contributed by atoms with Crippen LogP contribution in [-0.2, 0) is 5.41 Å². The molecular weight excluding hydrogens is 228 g/mol. The quantitative estimate of drug-likeness (QED) is 0.484. The summed E-state index contributed by atoms with van der Waals surface area (Å²) in [6.45, 7) is 4.40. The third-order valence-electron chi connectivity index (χ3n) is 3.99. The van der Waals surface area contributed by atoms with E-state index in [0.29, 0.717) is 0 Å². The molecule has 0 saturated carbocycles. The molecule has 0 unspecified atom stereocenters. The second-order valence-electron chi connectivity index (χ2n) is 5.42. The minimum Gasteiger partial charge on any atom is -0.366 e. The molecule has 0 atom stereocenters. The summed E-state index contributed by atoms with van der Waals surface area (Å²) < 4.78 is 0. The van der Waals surface area contributed by atoms with Gasteiger partial charge in [0.25, 0.3) is 0 Å². The average Bonchev–Trinajstić information content (AvgIpc) is 2.67. The minimum absolute atomic E-state index is 0.0790. The standard InChI is InChI=1S/C19H13/c1-5-13-7-9-15-16-10-8-14(6-2)12-18(16)19(3,4)17(15)11-13/h1,7-12H,3-4H3/q-1. The van der Waals surface area contributed by atoms with E-state index in [1.165, 1.54) is 22.3 Å². The lowest BCUT2D eigenvalue weighted by Gasteiger charge is -2.23. The van der Waals surface area contributed by atoms with E-state index in [2.05, 4.69) is 50.0 Å². The molecule has 0 fully saturated rings. The van der Waals surface area contributed by atoms with Gasteiger partial charge in [-0.2, -0.15) is 0 Å². The van der Waals surface area contributed by atoms with Crippen LogP contribution in [0, 0.1) is 24.7 Å². The van der Waals surface area contributed by atoms with Gasteiger partial charge in [0, 0.05) is 11.0 Å². The molecule has 0 N–H and O–H groups in total. The van der Waals surface area contributed by atoms with Crippen molar-refractivity contribution < 1.29 is 0 Å². The van der Waals surface area contributed by atoms with Gasteiger partial charge < -0.3 is 6.42 Å². The lowest BCUT2D eigenvalue weighted by molar-refractivity contribution is 0.660. The minimum atomic E-state index is -0.0790. The predicted octanol–water partition coefficient (Wildman–Crippen LogP) is 3.91. The highest BCUT2D eigenvalue weighted by atomic mass is 14.4. The van der Waals surface area contributed by atoms with E-state index in [4.69, 9.17) is 12.8 Å². The van der Waals surface area contributed by atoms with Crippen LogP contribution in [0.2, 0.25) is 0 Å². The molecule has 1 aliphatic rings. The molecule has 0 amide bonds. The van der Waals surface area contributed by atoms with Crippen molar-refractivity contribution in [2.24, 2.45) is 0 Å². The molecule has 0 nitrogen and oxygen atoms in total. The van der Waals surface area contributed by atoms with E-state index in [0.717, 1.165) is 11.1 Å². The zero-order valence-electron chi connectivity index (χ0n) is 11.0. The Bertz CT molecular complexity index is 696. The van der Waals surface area contributed by atoms with E-state index < -0.39 is 0 Å². The number of hydrogen-bond donors (Lipinski definition) is 0. The maximum Gasteiger partial charge on any atom is 0.0246 e. The van der Waals surface area contributed by atoms with Gasteiger partial charge in [-0.25, -0.2) is 0 Å². The molecule has 0 saturated heterocycles. The summed E-state index contributed by atoms with van der Waals surface area (Å²) in [7, 11) is 0. The van der Waals surface area contributed by atoms with Crippen molar-refractivity contribution in [3.8, 4) is 29.4 Å². The number of hydrogen-bond acceptors (Lipinski definition) is 0. The fourth-order valence-electron chi connectivity index (χ4n) is 2.91. The van der Waals surface area contributed by atoms with Crippen molar-refractivity contribution >= 4 is 0 Å². The molecular formula is C19H13-. The zero-order chi connectivity index (χ0) is 13.6. The Morgan fingerprint density at radius 2 is 1.47 bits per heavy atom. The van der Waals surface area contributed by atoms with E-state index in [1.54, 1.807) is 0 Å². The second kappa shape index (κ2) is 3.78. The number of fused-ring (bicyclic) bond motifs is 3. The number of rotatable bonds is 0. The van der Waals surface area contributed by atoms with Crippen LogP contribution < -0.4 is 0 Å². The molecule has 0 heterocycles. The third kappa shape index (κ3) is 1.51. The van der Waals surface area contributed by atoms with Crippen molar-refractivity contribution in [2.45, 2.75) is 19.3 Å². The van der Waals surface area contributed by atoms with Crippen LogP contribution in [0.15, 0.2) is 36.4 Å². The van der Waals surface area contributed by atoms with Crippen LogP contribution in [0.4, 0.5) is 0 Å². The van der Waals surface area contributed by atoms with Crippen LogP contribution >= 0.6 is 0 Å². The fourth-order valence-corrected chi connectivity index (χ4v) is 2.91. The van der Waals surface area contributed by atoms with Crippen LogP contribution in [0.1, 0.15) is 36.1 Å². The summed E-state index contributed by atoms with van der Waals surface area (Å²) in [4.78, 5) is 0. The largest absolute Gasteiger partial charge is 0.366 e. The number of benzene rings is 2. The topological polar surface area (TPSA) is 0 Å². The summed E-state index contributed by atoms with van der Waals surface area (Å²) in [5.74, 6) is 5.16. The van der Waals surface area contributed by atoms with Crippen LogP contribution in [-0.4, -0.2) is 0 Å². The van der Waals surface area contributed by atoms with Crippen molar-refractivity contribution in [3.63, 3.8) is 0 Å². The fraction of sp³-hybridized carbons (Fsp3) is 0.158. The Kier molecular flexibility index (Phi) is 2.31. The van der Waals surface area contributed by atoms with Crippen LogP contribution in [0.3, 0.4) is 0 Å². The number of terminal acetylenes is 1. The Morgan fingerprint density at radius 1 is 0.947 bits per heavy atom. The Balaban J connectivity index is 2.33. The van der Waals surface area contributed by atoms with Crippen molar-refractivity contribution in [1.29, 1.82) is 0 Å². The zero-order valence-corrected chi connectivity index (χ0v) is 11.0. The molecule has 2 aromatic carbocycles. The molecule has 2 aromatic rings. The van der Waals surface area contributed by atoms with Gasteiger partial charge in [-0.3, -0.25) is 5.92 Å². The van der Waals surface area contributed by atoms with E-state index >= 15 is 0 Å². The average molecular weight is 241 g/mol. The molecule has 3 rings (SSSR count). The van der Waals surface area contributed by atoms with Crippen LogP contribution in [0.5, 0.6) is 0 Å². The Morgan fingerprint density at radius 3 is 2.00 bits per heavy atom. The first kappa shape index (κ1) is 11.6. The molecule has 1 aliphatic carbocycles. The highest BCUT2D eigenvalue weighted by Crippen LogP contribution is 2.48. The molecule has 0 heteroatoms. The normalized spacial score (nSPS) is 14.1. The van der Waals surface area contributed by atoms with E-state index in [-0.39, 0.29) is 5.41 Å². The third-order valence-corrected chi connectivity index (χ3v) is 3.99. The second-order valence-corrected chi connectivity index (χ2v) is 5.42. The smallest absolute Gasteiger partial charge is 0.0246 e. The van der Waals surface area contributed by atoms with E-state index in [9.17, 15) is 0 Å². The summed E-state index contributed by atoms with van der Waals surface area (Å²) in [6.07, 6.45) is 12.8. The lowest BCUT2D eigenvalue weighted by atomic mass is 9.81. The van der Waals surface area contributed by atoms with E-state index in [1.807, 2.05) is 12.1 Å². The molecule has 90 valence electrons. The molecule has 0 aromatic heterocycles.